The topological polar surface area (TPSA) is 49.9 Å². The van der Waals surface area contributed by atoms with E-state index in [4.69, 9.17) is 4.74 Å². The molecule has 1 aliphatic rings. The lowest BCUT2D eigenvalue weighted by molar-refractivity contribution is -0.124. The first kappa shape index (κ1) is 18.0. The maximum absolute atomic E-state index is 12.8. The molecule has 0 aliphatic carbocycles. The summed E-state index contributed by atoms with van der Waals surface area (Å²) in [6, 6.07) is 14.5. The third-order valence-corrected chi connectivity index (χ3v) is 4.91. The number of amides is 2. The molecule has 1 aliphatic heterocycles. The summed E-state index contributed by atoms with van der Waals surface area (Å²) in [5.74, 6) is 0.517. The fourth-order valence-corrected chi connectivity index (χ4v) is 3.22. The van der Waals surface area contributed by atoms with Gasteiger partial charge in [0.15, 0.2) is 0 Å². The molecular formula is C21H24N2O3. The minimum absolute atomic E-state index is 0.0534. The molecule has 136 valence electrons. The van der Waals surface area contributed by atoms with Gasteiger partial charge in [-0.3, -0.25) is 9.59 Å². The van der Waals surface area contributed by atoms with Crippen molar-refractivity contribution in [3.05, 3.63) is 59.7 Å². The fraction of sp³-hybridized carbons (Fsp3) is 0.333. The number of ether oxygens (including phenoxy) is 1. The number of hydrogen-bond acceptors (Lipinski definition) is 3. The van der Waals surface area contributed by atoms with E-state index in [9.17, 15) is 9.59 Å². The third kappa shape index (κ3) is 3.43. The normalized spacial score (nSPS) is 17.3. The summed E-state index contributed by atoms with van der Waals surface area (Å²) in [4.78, 5) is 29.0. The molecule has 0 aromatic heterocycles. The van der Waals surface area contributed by atoms with Crippen LogP contribution >= 0.6 is 0 Å². The van der Waals surface area contributed by atoms with Crippen molar-refractivity contribution >= 4 is 17.5 Å². The van der Waals surface area contributed by atoms with Crippen molar-refractivity contribution in [2.75, 3.05) is 25.1 Å². The Balaban J connectivity index is 1.74. The van der Waals surface area contributed by atoms with Crippen molar-refractivity contribution in [1.29, 1.82) is 0 Å². The molecule has 1 unspecified atom stereocenters. The summed E-state index contributed by atoms with van der Waals surface area (Å²) in [5.41, 5.74) is 2.68. The van der Waals surface area contributed by atoms with Gasteiger partial charge in [-0.25, -0.2) is 0 Å². The Hall–Kier alpha value is -2.82. The SMILES string of the molecule is CCc1ccc(N2CCN(C(=O)c3ccc(OC)cc3)C(C)C2=O)cc1. The molecule has 1 heterocycles. The van der Waals surface area contributed by atoms with E-state index >= 15 is 0 Å². The van der Waals surface area contributed by atoms with Gasteiger partial charge >= 0.3 is 0 Å². The number of carbonyl (C=O) groups excluding carboxylic acids is 2. The summed E-state index contributed by atoms with van der Waals surface area (Å²) in [5, 5.41) is 0. The van der Waals surface area contributed by atoms with Gasteiger partial charge in [0.25, 0.3) is 5.91 Å². The van der Waals surface area contributed by atoms with Gasteiger partial charge in [0.1, 0.15) is 11.8 Å². The molecule has 26 heavy (non-hydrogen) atoms. The molecule has 2 aromatic carbocycles. The van der Waals surface area contributed by atoms with Crippen molar-refractivity contribution in [2.24, 2.45) is 0 Å². The second-order valence-corrected chi connectivity index (χ2v) is 6.41. The lowest BCUT2D eigenvalue weighted by Crippen LogP contribution is -2.57. The monoisotopic (exact) mass is 352 g/mol. The van der Waals surface area contributed by atoms with Gasteiger partial charge in [-0.15, -0.1) is 0 Å². The number of rotatable bonds is 4. The second-order valence-electron chi connectivity index (χ2n) is 6.41. The molecule has 3 rings (SSSR count). The van der Waals surface area contributed by atoms with Gasteiger partial charge in [0.2, 0.25) is 5.91 Å². The summed E-state index contributed by atoms with van der Waals surface area (Å²) < 4.78 is 5.13. The van der Waals surface area contributed by atoms with E-state index in [-0.39, 0.29) is 11.8 Å². The van der Waals surface area contributed by atoms with Crippen molar-refractivity contribution in [2.45, 2.75) is 26.3 Å². The molecule has 0 bridgehead atoms. The zero-order chi connectivity index (χ0) is 18.7. The Kier molecular flexibility index (Phi) is 5.26. The van der Waals surface area contributed by atoms with Crippen LogP contribution in [0.15, 0.2) is 48.5 Å². The van der Waals surface area contributed by atoms with Crippen LogP contribution in [0.2, 0.25) is 0 Å². The van der Waals surface area contributed by atoms with Crippen LogP contribution in [0.1, 0.15) is 29.8 Å². The highest BCUT2D eigenvalue weighted by molar-refractivity contribution is 6.03. The third-order valence-electron chi connectivity index (χ3n) is 4.91. The van der Waals surface area contributed by atoms with Gasteiger partial charge in [-0.2, -0.15) is 0 Å². The van der Waals surface area contributed by atoms with Crippen LogP contribution < -0.4 is 9.64 Å². The predicted molar refractivity (Wildman–Crippen MR) is 102 cm³/mol. The Morgan fingerprint density at radius 2 is 1.73 bits per heavy atom. The van der Waals surface area contributed by atoms with Gasteiger partial charge in [-0.05, 0) is 55.3 Å². The van der Waals surface area contributed by atoms with Crippen LogP contribution in [0.5, 0.6) is 5.75 Å². The molecule has 0 saturated carbocycles. The van der Waals surface area contributed by atoms with E-state index in [1.54, 1.807) is 48.1 Å². The second kappa shape index (κ2) is 7.60. The molecule has 1 fully saturated rings. The number of anilines is 1. The number of aryl methyl sites for hydroxylation is 1. The Morgan fingerprint density at radius 1 is 1.08 bits per heavy atom. The van der Waals surface area contributed by atoms with Gasteiger partial charge < -0.3 is 14.5 Å². The maximum Gasteiger partial charge on any atom is 0.254 e. The Labute approximate surface area is 154 Å². The van der Waals surface area contributed by atoms with Crippen LogP contribution in [-0.4, -0.2) is 43.0 Å². The molecule has 0 radical (unpaired) electrons. The number of hydrogen-bond donors (Lipinski definition) is 0. The van der Waals surface area contributed by atoms with Crippen LogP contribution in [0.25, 0.3) is 0 Å². The van der Waals surface area contributed by atoms with E-state index in [2.05, 4.69) is 6.92 Å². The summed E-state index contributed by atoms with van der Waals surface area (Å²) >= 11 is 0. The highest BCUT2D eigenvalue weighted by atomic mass is 16.5. The molecular weight excluding hydrogens is 328 g/mol. The highest BCUT2D eigenvalue weighted by Crippen LogP contribution is 2.23. The molecule has 2 aromatic rings. The molecule has 1 atom stereocenters. The van der Waals surface area contributed by atoms with Gasteiger partial charge in [0.05, 0.1) is 7.11 Å². The van der Waals surface area contributed by atoms with Crippen molar-refractivity contribution in [3.63, 3.8) is 0 Å². The lowest BCUT2D eigenvalue weighted by atomic mass is 10.1. The number of piperazine rings is 1. The fourth-order valence-electron chi connectivity index (χ4n) is 3.22. The molecule has 0 spiro atoms. The average molecular weight is 352 g/mol. The number of carbonyl (C=O) groups is 2. The zero-order valence-corrected chi connectivity index (χ0v) is 15.4. The average Bonchev–Trinajstić information content (AvgIpc) is 2.70. The number of nitrogens with zero attached hydrogens (tertiary/aromatic N) is 2. The molecule has 1 saturated heterocycles. The van der Waals surface area contributed by atoms with Crippen molar-refractivity contribution in [1.82, 2.24) is 4.90 Å². The van der Waals surface area contributed by atoms with Crippen LogP contribution in [0.4, 0.5) is 5.69 Å². The quantitative estimate of drug-likeness (QED) is 0.849. The molecule has 5 nitrogen and oxygen atoms in total. The molecule has 5 heteroatoms. The minimum Gasteiger partial charge on any atom is -0.497 e. The summed E-state index contributed by atoms with van der Waals surface area (Å²) in [6.07, 6.45) is 0.967. The van der Waals surface area contributed by atoms with Crippen molar-refractivity contribution < 1.29 is 14.3 Å². The standard InChI is InChI=1S/C21H24N2O3/c1-4-16-5-9-18(10-6-16)23-14-13-22(15(2)20(23)24)21(25)17-7-11-19(26-3)12-8-17/h5-12,15H,4,13-14H2,1-3H3. The number of benzene rings is 2. The minimum atomic E-state index is -0.496. The Bertz CT molecular complexity index is 784. The highest BCUT2D eigenvalue weighted by Gasteiger charge is 2.35. The van der Waals surface area contributed by atoms with Gasteiger partial charge in [-0.1, -0.05) is 19.1 Å². The lowest BCUT2D eigenvalue weighted by Gasteiger charge is -2.39. The van der Waals surface area contributed by atoms with Gasteiger partial charge in [0, 0.05) is 24.3 Å². The molecule has 0 N–H and O–H groups in total. The van der Waals surface area contributed by atoms with E-state index < -0.39 is 6.04 Å². The first-order valence-corrected chi connectivity index (χ1v) is 8.90. The van der Waals surface area contributed by atoms with E-state index in [1.165, 1.54) is 5.56 Å². The predicted octanol–water partition coefficient (Wildman–Crippen LogP) is 3.14. The van der Waals surface area contributed by atoms with Crippen molar-refractivity contribution in [3.8, 4) is 5.75 Å². The van der Waals surface area contributed by atoms with Crippen LogP contribution in [-0.2, 0) is 11.2 Å². The summed E-state index contributed by atoms with van der Waals surface area (Å²) in [7, 11) is 1.59. The summed E-state index contributed by atoms with van der Waals surface area (Å²) in [6.45, 7) is 4.89. The van der Waals surface area contributed by atoms with E-state index in [1.807, 2.05) is 24.3 Å². The van der Waals surface area contributed by atoms with E-state index in [0.717, 1.165) is 12.1 Å². The maximum atomic E-state index is 12.8. The van der Waals surface area contributed by atoms with E-state index in [0.29, 0.717) is 24.4 Å². The first-order chi connectivity index (χ1) is 12.5. The van der Waals surface area contributed by atoms with Crippen LogP contribution in [0, 0.1) is 0 Å². The zero-order valence-electron chi connectivity index (χ0n) is 15.4. The Morgan fingerprint density at radius 3 is 2.31 bits per heavy atom. The first-order valence-electron chi connectivity index (χ1n) is 8.90. The molecule has 2 amide bonds. The largest absolute Gasteiger partial charge is 0.497 e. The number of methoxy groups -OCH3 is 1. The van der Waals surface area contributed by atoms with Crippen LogP contribution in [0.3, 0.4) is 0 Å². The smallest absolute Gasteiger partial charge is 0.254 e.